The summed E-state index contributed by atoms with van der Waals surface area (Å²) in [6, 6.07) is 0. The molecule has 0 aromatic heterocycles. The summed E-state index contributed by atoms with van der Waals surface area (Å²) >= 11 is 0. The largest absolute Gasteiger partial charge is 0.460 e. The number of hydrogen-bond donors (Lipinski definition) is 3. The molecule has 0 aliphatic rings. The number of carbonyl (C=O) groups excluding carboxylic acids is 2. The monoisotopic (exact) mass is 348 g/mol. The second-order valence-electron chi connectivity index (χ2n) is 5.40. The van der Waals surface area contributed by atoms with E-state index in [1.54, 1.807) is 0 Å². The Morgan fingerprint density at radius 3 is 2.54 bits per heavy atom. The Bertz CT molecular complexity index is 337. The molecule has 0 bridgehead atoms. The van der Waals surface area contributed by atoms with E-state index >= 15 is 0 Å². The zero-order valence-electron chi connectivity index (χ0n) is 14.8. The van der Waals surface area contributed by atoms with E-state index in [2.05, 4.69) is 5.32 Å². The maximum absolute atomic E-state index is 11.6. The molecular weight excluding hydrogens is 316 g/mol. The van der Waals surface area contributed by atoms with Gasteiger partial charge in [0.2, 0.25) is 5.91 Å². The number of aliphatic hydroxyl groups is 1. The van der Waals surface area contributed by atoms with Crippen molar-refractivity contribution in [1.82, 2.24) is 5.32 Å². The summed E-state index contributed by atoms with van der Waals surface area (Å²) in [7, 11) is 1.44. The first-order valence-electron chi connectivity index (χ1n) is 8.48. The minimum atomic E-state index is -0.711. The number of ether oxygens (including phenoxy) is 3. The Hall–Kier alpha value is -1.22. The maximum atomic E-state index is 11.6. The standard InChI is InChI=1S/C16H32N2O6/c1-3-13(11-19)24-16(22-2)12-23-15(21)8-6-7-14(20)18-10-5-4-9-17/h13,16,19H,3-12,17H2,1-2H3,(H,18,20). The van der Waals surface area contributed by atoms with Gasteiger partial charge in [-0.2, -0.15) is 0 Å². The highest BCUT2D eigenvalue weighted by atomic mass is 16.7. The molecule has 0 aliphatic carbocycles. The van der Waals surface area contributed by atoms with Gasteiger partial charge in [-0.25, -0.2) is 0 Å². The lowest BCUT2D eigenvalue weighted by molar-refractivity contribution is -0.194. The van der Waals surface area contributed by atoms with Gasteiger partial charge in [0, 0.05) is 26.5 Å². The molecule has 0 heterocycles. The third-order valence-corrected chi connectivity index (χ3v) is 3.38. The highest BCUT2D eigenvalue weighted by Gasteiger charge is 2.16. The first-order valence-corrected chi connectivity index (χ1v) is 8.48. The van der Waals surface area contributed by atoms with Gasteiger partial charge in [0.05, 0.1) is 12.7 Å². The number of aliphatic hydroxyl groups excluding tert-OH is 1. The number of nitrogens with two attached hydrogens (primary N) is 1. The molecule has 2 atom stereocenters. The van der Waals surface area contributed by atoms with Gasteiger partial charge in [0.15, 0.2) is 6.29 Å². The fourth-order valence-electron chi connectivity index (χ4n) is 1.86. The fourth-order valence-corrected chi connectivity index (χ4v) is 1.86. The predicted molar refractivity (Wildman–Crippen MR) is 89.2 cm³/mol. The lowest BCUT2D eigenvalue weighted by Crippen LogP contribution is -2.30. The van der Waals surface area contributed by atoms with Crippen LogP contribution in [-0.4, -0.2) is 62.8 Å². The Morgan fingerprint density at radius 1 is 1.21 bits per heavy atom. The third-order valence-electron chi connectivity index (χ3n) is 3.38. The molecule has 0 aliphatic heterocycles. The van der Waals surface area contributed by atoms with Crippen LogP contribution in [0.1, 0.15) is 45.4 Å². The van der Waals surface area contributed by atoms with E-state index in [9.17, 15) is 9.59 Å². The molecule has 4 N–H and O–H groups in total. The number of methoxy groups -OCH3 is 1. The minimum absolute atomic E-state index is 0.0445. The van der Waals surface area contributed by atoms with Crippen LogP contribution in [0.15, 0.2) is 0 Å². The van der Waals surface area contributed by atoms with Crippen molar-refractivity contribution in [3.8, 4) is 0 Å². The van der Waals surface area contributed by atoms with Gasteiger partial charge >= 0.3 is 5.97 Å². The summed E-state index contributed by atoms with van der Waals surface area (Å²) in [6.07, 6.45) is 2.17. The molecule has 8 nitrogen and oxygen atoms in total. The van der Waals surface area contributed by atoms with Gasteiger partial charge in [-0.1, -0.05) is 6.92 Å². The van der Waals surface area contributed by atoms with Crippen molar-refractivity contribution in [3.05, 3.63) is 0 Å². The number of nitrogens with one attached hydrogen (secondary N) is 1. The Balaban J connectivity index is 3.79. The van der Waals surface area contributed by atoms with Crippen LogP contribution in [0, 0.1) is 0 Å². The topological polar surface area (TPSA) is 120 Å². The van der Waals surface area contributed by atoms with Crippen molar-refractivity contribution in [2.24, 2.45) is 5.73 Å². The van der Waals surface area contributed by atoms with Gasteiger partial charge in [0.1, 0.15) is 6.61 Å². The Kier molecular flexibility index (Phi) is 14.5. The maximum Gasteiger partial charge on any atom is 0.305 e. The summed E-state index contributed by atoms with van der Waals surface area (Å²) in [5, 5.41) is 11.8. The molecule has 1 amide bonds. The van der Waals surface area contributed by atoms with E-state index in [0.29, 0.717) is 25.9 Å². The van der Waals surface area contributed by atoms with E-state index < -0.39 is 12.3 Å². The van der Waals surface area contributed by atoms with E-state index in [1.165, 1.54) is 7.11 Å². The number of hydrogen-bond acceptors (Lipinski definition) is 7. The third kappa shape index (κ3) is 12.2. The van der Waals surface area contributed by atoms with Crippen LogP contribution in [0.3, 0.4) is 0 Å². The van der Waals surface area contributed by atoms with Gasteiger partial charge in [-0.05, 0) is 32.2 Å². The average Bonchev–Trinajstić information content (AvgIpc) is 2.59. The van der Waals surface area contributed by atoms with Crippen molar-refractivity contribution in [1.29, 1.82) is 0 Å². The minimum Gasteiger partial charge on any atom is -0.460 e. The van der Waals surface area contributed by atoms with E-state index in [1.807, 2.05) is 6.92 Å². The van der Waals surface area contributed by atoms with E-state index in [-0.39, 0.29) is 38.1 Å². The lowest BCUT2D eigenvalue weighted by Gasteiger charge is -2.21. The van der Waals surface area contributed by atoms with Crippen LogP contribution < -0.4 is 11.1 Å². The zero-order chi connectivity index (χ0) is 18.2. The number of amides is 1. The fraction of sp³-hybridized carbons (Fsp3) is 0.875. The first-order chi connectivity index (χ1) is 11.6. The van der Waals surface area contributed by atoms with Gasteiger partial charge in [0.25, 0.3) is 0 Å². The molecule has 8 heteroatoms. The van der Waals surface area contributed by atoms with Crippen LogP contribution in [-0.2, 0) is 23.8 Å². The zero-order valence-corrected chi connectivity index (χ0v) is 14.8. The molecule has 142 valence electrons. The first kappa shape index (κ1) is 22.8. The van der Waals surface area contributed by atoms with Crippen LogP contribution in [0.2, 0.25) is 0 Å². The average molecular weight is 348 g/mol. The molecule has 0 radical (unpaired) electrons. The number of carbonyl (C=O) groups is 2. The van der Waals surface area contributed by atoms with E-state index in [0.717, 1.165) is 12.8 Å². The lowest BCUT2D eigenvalue weighted by atomic mass is 10.2. The van der Waals surface area contributed by atoms with Crippen molar-refractivity contribution in [3.63, 3.8) is 0 Å². The van der Waals surface area contributed by atoms with Crippen molar-refractivity contribution < 1.29 is 28.9 Å². The SMILES string of the molecule is CCC(CO)OC(COC(=O)CCCC(=O)NCCCCN)OC. The molecule has 0 saturated heterocycles. The summed E-state index contributed by atoms with van der Waals surface area (Å²) in [6.45, 7) is 2.94. The molecule has 0 aromatic rings. The van der Waals surface area contributed by atoms with Crippen molar-refractivity contribution in [2.45, 2.75) is 57.8 Å². The molecular formula is C16H32N2O6. The summed E-state index contributed by atoms with van der Waals surface area (Å²) < 4.78 is 15.6. The Morgan fingerprint density at radius 2 is 1.96 bits per heavy atom. The second kappa shape index (κ2) is 15.3. The predicted octanol–water partition coefficient (Wildman–Crippen LogP) is 0.315. The Labute approximate surface area is 144 Å². The van der Waals surface area contributed by atoms with Crippen LogP contribution in [0.4, 0.5) is 0 Å². The molecule has 24 heavy (non-hydrogen) atoms. The quantitative estimate of drug-likeness (QED) is 0.221. The van der Waals surface area contributed by atoms with Crippen molar-refractivity contribution in [2.75, 3.05) is 33.4 Å². The van der Waals surface area contributed by atoms with Crippen LogP contribution in [0.5, 0.6) is 0 Å². The van der Waals surface area contributed by atoms with Gasteiger partial charge < -0.3 is 30.4 Å². The van der Waals surface area contributed by atoms with Gasteiger partial charge in [-0.3, -0.25) is 9.59 Å². The summed E-state index contributed by atoms with van der Waals surface area (Å²) in [5.74, 6) is -0.486. The molecule has 0 rings (SSSR count). The van der Waals surface area contributed by atoms with Crippen LogP contribution in [0.25, 0.3) is 0 Å². The molecule has 0 aromatic carbocycles. The highest BCUT2D eigenvalue weighted by Crippen LogP contribution is 2.05. The molecule has 0 saturated carbocycles. The molecule has 0 fully saturated rings. The number of unbranched alkanes of at least 4 members (excludes halogenated alkanes) is 1. The highest BCUT2D eigenvalue weighted by molar-refractivity contribution is 5.76. The number of esters is 1. The van der Waals surface area contributed by atoms with Crippen molar-refractivity contribution >= 4 is 11.9 Å². The summed E-state index contributed by atoms with van der Waals surface area (Å²) in [5.41, 5.74) is 5.37. The molecule has 0 spiro atoms. The van der Waals surface area contributed by atoms with Gasteiger partial charge in [-0.15, -0.1) is 0 Å². The summed E-state index contributed by atoms with van der Waals surface area (Å²) in [4.78, 5) is 23.2. The smallest absolute Gasteiger partial charge is 0.305 e. The number of rotatable bonds is 15. The molecule has 2 unspecified atom stereocenters. The normalized spacial score (nSPS) is 13.3. The second-order valence-corrected chi connectivity index (χ2v) is 5.40. The van der Waals surface area contributed by atoms with E-state index in [4.69, 9.17) is 25.1 Å². The van der Waals surface area contributed by atoms with Crippen LogP contribution >= 0.6 is 0 Å².